The van der Waals surface area contributed by atoms with E-state index in [1.807, 2.05) is 32.6 Å². The molecule has 2 aromatic rings. The Balaban J connectivity index is 2.10. The minimum Gasteiger partial charge on any atom is -0.322 e. The molecule has 80 valence electrons. The summed E-state index contributed by atoms with van der Waals surface area (Å²) in [7, 11) is 3.80. The lowest BCUT2D eigenvalue weighted by atomic mass is 10.1. The Morgan fingerprint density at radius 1 is 1.40 bits per heavy atom. The Morgan fingerprint density at radius 2 is 2.20 bits per heavy atom. The van der Waals surface area contributed by atoms with Crippen molar-refractivity contribution in [1.29, 1.82) is 0 Å². The molecule has 0 fully saturated rings. The van der Waals surface area contributed by atoms with Crippen LogP contribution in [0, 0.1) is 0 Å². The molecule has 15 heavy (non-hydrogen) atoms. The van der Waals surface area contributed by atoms with Crippen molar-refractivity contribution in [3.05, 3.63) is 35.9 Å². The zero-order chi connectivity index (χ0) is 10.8. The molecule has 0 aliphatic heterocycles. The molecule has 2 rings (SSSR count). The first-order valence-corrected chi connectivity index (χ1v) is 4.88. The van der Waals surface area contributed by atoms with E-state index >= 15 is 0 Å². The first kappa shape index (κ1) is 9.92. The molecule has 1 atom stereocenters. The Morgan fingerprint density at radius 3 is 2.73 bits per heavy atom. The molecule has 2 aromatic heterocycles. The summed E-state index contributed by atoms with van der Waals surface area (Å²) in [5, 5.41) is 8.21. The molecule has 0 radical (unpaired) electrons. The highest BCUT2D eigenvalue weighted by Crippen LogP contribution is 2.14. The number of rotatable bonds is 3. The van der Waals surface area contributed by atoms with Gasteiger partial charge in [0.15, 0.2) is 0 Å². The predicted octanol–water partition coefficient (Wildman–Crippen LogP) is 0.396. The quantitative estimate of drug-likeness (QED) is 0.788. The summed E-state index contributed by atoms with van der Waals surface area (Å²) < 4.78 is 3.59. The normalized spacial score (nSPS) is 13.0. The van der Waals surface area contributed by atoms with Crippen LogP contribution in [-0.2, 0) is 20.5 Å². The van der Waals surface area contributed by atoms with Crippen LogP contribution in [0.3, 0.4) is 0 Å². The molecule has 0 aliphatic rings. The molecule has 5 heteroatoms. The fourth-order valence-corrected chi connectivity index (χ4v) is 1.68. The molecule has 2 N–H and O–H groups in total. The standard InChI is InChI=1S/C10H15N5/c1-14-7-8(6-13-14)5-9(11)10-3-4-12-15(10)2/h3-4,6-7,9H,5,11H2,1-2H3. The Bertz CT molecular complexity index is 442. The van der Waals surface area contributed by atoms with Gasteiger partial charge in [-0.25, -0.2) is 0 Å². The maximum atomic E-state index is 6.08. The van der Waals surface area contributed by atoms with Gasteiger partial charge in [-0.05, 0) is 18.1 Å². The van der Waals surface area contributed by atoms with Gasteiger partial charge in [0.25, 0.3) is 0 Å². The minimum atomic E-state index is -0.0262. The second-order valence-electron chi connectivity index (χ2n) is 3.71. The molecular formula is C10H15N5. The van der Waals surface area contributed by atoms with E-state index in [0.717, 1.165) is 17.7 Å². The third-order valence-corrected chi connectivity index (χ3v) is 2.45. The molecule has 0 aliphatic carbocycles. The van der Waals surface area contributed by atoms with Gasteiger partial charge in [0.1, 0.15) is 0 Å². The summed E-state index contributed by atoms with van der Waals surface area (Å²) >= 11 is 0. The minimum absolute atomic E-state index is 0.0262. The maximum Gasteiger partial charge on any atom is 0.0551 e. The van der Waals surface area contributed by atoms with Crippen LogP contribution in [0.25, 0.3) is 0 Å². The van der Waals surface area contributed by atoms with E-state index in [4.69, 9.17) is 5.73 Å². The molecular weight excluding hydrogens is 190 g/mol. The van der Waals surface area contributed by atoms with Crippen molar-refractivity contribution in [2.45, 2.75) is 12.5 Å². The molecule has 0 amide bonds. The molecule has 0 saturated carbocycles. The van der Waals surface area contributed by atoms with Crippen molar-refractivity contribution in [1.82, 2.24) is 19.6 Å². The Labute approximate surface area is 88.5 Å². The highest BCUT2D eigenvalue weighted by atomic mass is 15.3. The Hall–Kier alpha value is -1.62. The number of aryl methyl sites for hydroxylation is 2. The number of aromatic nitrogens is 4. The largest absolute Gasteiger partial charge is 0.322 e. The van der Waals surface area contributed by atoms with Crippen LogP contribution in [0.4, 0.5) is 0 Å². The maximum absolute atomic E-state index is 6.08. The highest BCUT2D eigenvalue weighted by molar-refractivity contribution is 5.13. The molecule has 5 nitrogen and oxygen atoms in total. The summed E-state index contributed by atoms with van der Waals surface area (Å²) in [5.74, 6) is 0. The van der Waals surface area contributed by atoms with Crippen LogP contribution in [0.5, 0.6) is 0 Å². The van der Waals surface area contributed by atoms with Gasteiger partial charge >= 0.3 is 0 Å². The van der Waals surface area contributed by atoms with Crippen LogP contribution in [0.2, 0.25) is 0 Å². The summed E-state index contributed by atoms with van der Waals surface area (Å²) in [6.07, 6.45) is 6.37. The van der Waals surface area contributed by atoms with Crippen molar-refractivity contribution in [2.24, 2.45) is 19.8 Å². The van der Waals surface area contributed by atoms with Gasteiger partial charge in [0.2, 0.25) is 0 Å². The van der Waals surface area contributed by atoms with Crippen LogP contribution >= 0.6 is 0 Å². The average Bonchev–Trinajstić information content (AvgIpc) is 2.75. The lowest BCUT2D eigenvalue weighted by Gasteiger charge is -2.10. The van der Waals surface area contributed by atoms with E-state index < -0.39 is 0 Å². The van der Waals surface area contributed by atoms with Crippen molar-refractivity contribution < 1.29 is 0 Å². The van der Waals surface area contributed by atoms with Crippen molar-refractivity contribution in [3.8, 4) is 0 Å². The summed E-state index contributed by atoms with van der Waals surface area (Å²) in [4.78, 5) is 0. The zero-order valence-electron chi connectivity index (χ0n) is 8.96. The second kappa shape index (κ2) is 3.86. The number of hydrogen-bond acceptors (Lipinski definition) is 3. The number of nitrogens with two attached hydrogens (primary N) is 1. The monoisotopic (exact) mass is 205 g/mol. The lowest BCUT2D eigenvalue weighted by Crippen LogP contribution is -2.16. The molecule has 0 saturated heterocycles. The second-order valence-corrected chi connectivity index (χ2v) is 3.71. The number of nitrogens with zero attached hydrogens (tertiary/aromatic N) is 4. The van der Waals surface area contributed by atoms with Gasteiger partial charge in [0.05, 0.1) is 17.9 Å². The van der Waals surface area contributed by atoms with Crippen molar-refractivity contribution >= 4 is 0 Å². The average molecular weight is 205 g/mol. The van der Waals surface area contributed by atoms with E-state index in [0.29, 0.717) is 0 Å². The van der Waals surface area contributed by atoms with E-state index in [9.17, 15) is 0 Å². The van der Waals surface area contributed by atoms with Crippen LogP contribution in [-0.4, -0.2) is 19.6 Å². The third kappa shape index (κ3) is 2.07. The van der Waals surface area contributed by atoms with Crippen molar-refractivity contribution in [2.75, 3.05) is 0 Å². The molecule has 2 heterocycles. The third-order valence-electron chi connectivity index (χ3n) is 2.45. The first-order valence-electron chi connectivity index (χ1n) is 4.88. The van der Waals surface area contributed by atoms with Crippen LogP contribution < -0.4 is 5.73 Å². The van der Waals surface area contributed by atoms with E-state index in [1.54, 1.807) is 15.6 Å². The van der Waals surface area contributed by atoms with Gasteiger partial charge in [-0.1, -0.05) is 0 Å². The molecule has 1 unspecified atom stereocenters. The summed E-state index contributed by atoms with van der Waals surface area (Å²) in [5.41, 5.74) is 8.27. The zero-order valence-corrected chi connectivity index (χ0v) is 8.96. The van der Waals surface area contributed by atoms with E-state index in [-0.39, 0.29) is 6.04 Å². The predicted molar refractivity (Wildman–Crippen MR) is 57.0 cm³/mol. The van der Waals surface area contributed by atoms with Gasteiger partial charge in [-0.3, -0.25) is 9.36 Å². The molecule has 0 bridgehead atoms. The van der Waals surface area contributed by atoms with E-state index in [2.05, 4.69) is 10.2 Å². The van der Waals surface area contributed by atoms with Gasteiger partial charge in [0, 0.05) is 26.5 Å². The summed E-state index contributed by atoms with van der Waals surface area (Å²) in [6, 6.07) is 1.92. The number of hydrogen-bond donors (Lipinski definition) is 1. The lowest BCUT2D eigenvalue weighted by molar-refractivity contribution is 0.616. The fourth-order valence-electron chi connectivity index (χ4n) is 1.68. The van der Waals surface area contributed by atoms with Gasteiger partial charge < -0.3 is 5.73 Å². The Kier molecular flexibility index (Phi) is 2.55. The first-order chi connectivity index (χ1) is 7.16. The summed E-state index contributed by atoms with van der Waals surface area (Å²) in [6.45, 7) is 0. The van der Waals surface area contributed by atoms with Crippen molar-refractivity contribution in [3.63, 3.8) is 0 Å². The fraction of sp³-hybridized carbons (Fsp3) is 0.400. The van der Waals surface area contributed by atoms with E-state index in [1.165, 1.54) is 0 Å². The highest BCUT2D eigenvalue weighted by Gasteiger charge is 2.11. The van der Waals surface area contributed by atoms with Gasteiger partial charge in [-0.15, -0.1) is 0 Å². The SMILES string of the molecule is Cn1cc(CC(N)c2ccnn2C)cn1. The smallest absolute Gasteiger partial charge is 0.0551 e. The van der Waals surface area contributed by atoms with Crippen LogP contribution in [0.1, 0.15) is 17.3 Å². The molecule has 0 spiro atoms. The van der Waals surface area contributed by atoms with Crippen LogP contribution in [0.15, 0.2) is 24.7 Å². The topological polar surface area (TPSA) is 61.7 Å². The molecule has 0 aromatic carbocycles. The van der Waals surface area contributed by atoms with Gasteiger partial charge in [-0.2, -0.15) is 10.2 Å².